The molecule has 2 rings (SSSR count). The minimum absolute atomic E-state index is 0.643. The Morgan fingerprint density at radius 2 is 2.27 bits per heavy atom. The number of halogens is 1. The van der Waals surface area contributed by atoms with Gasteiger partial charge in [0.15, 0.2) is 0 Å². The maximum atomic E-state index is 5.98. The number of aromatic nitrogens is 2. The van der Waals surface area contributed by atoms with E-state index < -0.39 is 0 Å². The van der Waals surface area contributed by atoms with Crippen molar-refractivity contribution in [1.29, 1.82) is 0 Å². The van der Waals surface area contributed by atoms with Crippen LogP contribution in [-0.4, -0.2) is 40.7 Å². The van der Waals surface area contributed by atoms with Gasteiger partial charge in [-0.1, -0.05) is 16.1 Å². The predicted molar refractivity (Wildman–Crippen MR) is 62.3 cm³/mol. The molecule has 0 spiro atoms. The average Bonchev–Trinajstić information content (AvgIpc) is 2.66. The fourth-order valence-corrected chi connectivity index (χ4v) is 2.52. The van der Waals surface area contributed by atoms with Crippen molar-refractivity contribution >= 4 is 23.1 Å². The van der Waals surface area contributed by atoms with Crippen LogP contribution in [-0.2, 0) is 6.54 Å². The van der Waals surface area contributed by atoms with Gasteiger partial charge in [0.05, 0.1) is 0 Å². The first-order valence-electron chi connectivity index (χ1n) is 5.15. The smallest absolute Gasteiger partial charge is 0.138 e. The summed E-state index contributed by atoms with van der Waals surface area (Å²) in [5.41, 5.74) is 0.905. The average molecular weight is 247 g/mol. The number of hydrogen-bond donors (Lipinski definition) is 1. The summed E-state index contributed by atoms with van der Waals surface area (Å²) < 4.78 is 4.56. The van der Waals surface area contributed by atoms with Crippen LogP contribution >= 0.6 is 23.1 Å². The van der Waals surface area contributed by atoms with Gasteiger partial charge >= 0.3 is 0 Å². The molecule has 1 aliphatic heterocycles. The van der Waals surface area contributed by atoms with E-state index in [2.05, 4.69) is 26.9 Å². The van der Waals surface area contributed by atoms with Gasteiger partial charge in [-0.3, -0.25) is 4.90 Å². The number of nitrogens with zero attached hydrogens (tertiary/aromatic N) is 3. The van der Waals surface area contributed by atoms with E-state index >= 15 is 0 Å². The summed E-state index contributed by atoms with van der Waals surface area (Å²) in [4.78, 5) is 2.32. The molecule has 0 amide bonds. The minimum atomic E-state index is 0.643. The molecule has 0 atom stereocenters. The van der Waals surface area contributed by atoms with Gasteiger partial charge in [-0.05, 0) is 33.0 Å². The molecule has 0 saturated carbocycles. The molecular weight excluding hydrogens is 232 g/mol. The van der Waals surface area contributed by atoms with Gasteiger partial charge in [0, 0.05) is 24.1 Å². The van der Waals surface area contributed by atoms with Crippen LogP contribution in [0.3, 0.4) is 0 Å². The molecule has 0 aliphatic carbocycles. The number of nitrogens with one attached hydrogen (secondary N) is 1. The molecule has 0 bridgehead atoms. The van der Waals surface area contributed by atoms with Crippen molar-refractivity contribution in [3.63, 3.8) is 0 Å². The SMILES string of the molecule is CN(Cc1nnsc1Cl)C1CCNCC1. The zero-order valence-corrected chi connectivity index (χ0v) is 10.3. The molecule has 6 heteroatoms. The maximum absolute atomic E-state index is 5.98. The second-order valence-electron chi connectivity index (χ2n) is 3.89. The van der Waals surface area contributed by atoms with Crippen LogP contribution in [0.15, 0.2) is 0 Å². The Morgan fingerprint density at radius 1 is 1.53 bits per heavy atom. The number of hydrogen-bond acceptors (Lipinski definition) is 5. The van der Waals surface area contributed by atoms with Gasteiger partial charge < -0.3 is 5.32 Å². The second kappa shape index (κ2) is 5.21. The summed E-state index contributed by atoms with van der Waals surface area (Å²) in [6.45, 7) is 3.02. The zero-order chi connectivity index (χ0) is 10.7. The molecule has 1 fully saturated rings. The van der Waals surface area contributed by atoms with Crippen LogP contribution < -0.4 is 5.32 Å². The van der Waals surface area contributed by atoms with Gasteiger partial charge in [-0.2, -0.15) is 0 Å². The van der Waals surface area contributed by atoms with Gasteiger partial charge in [-0.25, -0.2) is 0 Å². The van der Waals surface area contributed by atoms with Crippen LogP contribution in [0, 0.1) is 0 Å². The van der Waals surface area contributed by atoms with Gasteiger partial charge in [0.25, 0.3) is 0 Å². The summed E-state index contributed by atoms with van der Waals surface area (Å²) in [7, 11) is 2.13. The van der Waals surface area contributed by atoms with Crippen LogP contribution in [0.1, 0.15) is 18.5 Å². The van der Waals surface area contributed by atoms with Crippen molar-refractivity contribution in [2.45, 2.75) is 25.4 Å². The van der Waals surface area contributed by atoms with E-state index in [1.54, 1.807) is 0 Å². The van der Waals surface area contributed by atoms with Crippen LogP contribution in [0.25, 0.3) is 0 Å². The molecule has 0 unspecified atom stereocenters. The van der Waals surface area contributed by atoms with Gasteiger partial charge in [0.2, 0.25) is 0 Å². The molecule has 1 aliphatic rings. The summed E-state index contributed by atoms with van der Waals surface area (Å²) in [5, 5.41) is 7.39. The van der Waals surface area contributed by atoms with Crippen molar-refractivity contribution in [3.8, 4) is 0 Å². The highest BCUT2D eigenvalue weighted by Gasteiger charge is 2.19. The lowest BCUT2D eigenvalue weighted by Crippen LogP contribution is -2.40. The molecule has 2 heterocycles. The van der Waals surface area contributed by atoms with E-state index in [1.807, 2.05) is 0 Å². The highest BCUT2D eigenvalue weighted by Crippen LogP contribution is 2.20. The van der Waals surface area contributed by atoms with E-state index in [4.69, 9.17) is 11.6 Å². The fourth-order valence-electron chi connectivity index (χ4n) is 1.90. The topological polar surface area (TPSA) is 41.1 Å². The van der Waals surface area contributed by atoms with E-state index in [1.165, 1.54) is 24.4 Å². The molecule has 1 aromatic rings. The first kappa shape index (κ1) is 11.3. The lowest BCUT2D eigenvalue weighted by atomic mass is 10.1. The summed E-state index contributed by atoms with van der Waals surface area (Å²) >= 11 is 7.24. The summed E-state index contributed by atoms with van der Waals surface area (Å²) in [6, 6.07) is 0.643. The monoisotopic (exact) mass is 246 g/mol. The molecule has 1 saturated heterocycles. The molecular formula is C9H15ClN4S. The standard InChI is InChI=1S/C9H15ClN4S/c1-14(7-2-4-11-5-3-7)6-8-9(10)15-13-12-8/h7,11H,2-6H2,1H3. The highest BCUT2D eigenvalue weighted by atomic mass is 35.5. The molecule has 15 heavy (non-hydrogen) atoms. The Kier molecular flexibility index (Phi) is 3.91. The lowest BCUT2D eigenvalue weighted by molar-refractivity contribution is 0.190. The van der Waals surface area contributed by atoms with Crippen molar-refractivity contribution in [3.05, 3.63) is 10.0 Å². The van der Waals surface area contributed by atoms with Crippen LogP contribution in [0.2, 0.25) is 4.34 Å². The molecule has 84 valence electrons. The first-order valence-corrected chi connectivity index (χ1v) is 6.30. The van der Waals surface area contributed by atoms with E-state index in [0.717, 1.165) is 29.7 Å². The Hall–Kier alpha value is -0.230. The zero-order valence-electron chi connectivity index (χ0n) is 8.74. The maximum Gasteiger partial charge on any atom is 0.138 e. The predicted octanol–water partition coefficient (Wildman–Crippen LogP) is 1.38. The normalized spacial score (nSPS) is 18.6. The second-order valence-corrected chi connectivity index (χ2v) is 5.25. The Morgan fingerprint density at radius 3 is 2.87 bits per heavy atom. The number of piperidine rings is 1. The molecule has 4 nitrogen and oxygen atoms in total. The third-order valence-corrected chi connectivity index (χ3v) is 3.82. The fraction of sp³-hybridized carbons (Fsp3) is 0.778. The number of rotatable bonds is 3. The Labute approximate surface area is 98.8 Å². The van der Waals surface area contributed by atoms with E-state index in [-0.39, 0.29) is 0 Å². The van der Waals surface area contributed by atoms with Gasteiger partial charge in [-0.15, -0.1) is 5.10 Å². The molecule has 1 aromatic heterocycles. The molecule has 1 N–H and O–H groups in total. The first-order chi connectivity index (χ1) is 7.27. The minimum Gasteiger partial charge on any atom is -0.317 e. The highest BCUT2D eigenvalue weighted by molar-refractivity contribution is 7.10. The largest absolute Gasteiger partial charge is 0.317 e. The van der Waals surface area contributed by atoms with E-state index in [9.17, 15) is 0 Å². The lowest BCUT2D eigenvalue weighted by Gasteiger charge is -2.31. The summed E-state index contributed by atoms with van der Waals surface area (Å²) in [5.74, 6) is 0. The third kappa shape index (κ3) is 2.87. The third-order valence-electron chi connectivity index (χ3n) is 2.84. The Balaban J connectivity index is 1.91. The van der Waals surface area contributed by atoms with Gasteiger partial charge in [0.1, 0.15) is 10.0 Å². The molecule has 0 aromatic carbocycles. The summed E-state index contributed by atoms with van der Waals surface area (Å²) in [6.07, 6.45) is 2.40. The van der Waals surface area contributed by atoms with Crippen molar-refractivity contribution in [2.75, 3.05) is 20.1 Å². The van der Waals surface area contributed by atoms with Crippen molar-refractivity contribution in [1.82, 2.24) is 19.8 Å². The van der Waals surface area contributed by atoms with E-state index in [0.29, 0.717) is 6.04 Å². The van der Waals surface area contributed by atoms with Crippen molar-refractivity contribution in [2.24, 2.45) is 0 Å². The van der Waals surface area contributed by atoms with Crippen molar-refractivity contribution < 1.29 is 0 Å². The van der Waals surface area contributed by atoms with Crippen LogP contribution in [0.5, 0.6) is 0 Å². The Bertz CT molecular complexity index is 311. The quantitative estimate of drug-likeness (QED) is 0.875. The molecule has 0 radical (unpaired) electrons. The van der Waals surface area contributed by atoms with Crippen LogP contribution in [0.4, 0.5) is 0 Å².